The monoisotopic (exact) mass is 563 g/mol. The zero-order valence-corrected chi connectivity index (χ0v) is 22.7. The van der Waals surface area contributed by atoms with Crippen molar-refractivity contribution in [1.29, 1.82) is 0 Å². The van der Waals surface area contributed by atoms with E-state index in [0.29, 0.717) is 29.3 Å². The Balaban J connectivity index is 1.23. The summed E-state index contributed by atoms with van der Waals surface area (Å²) in [6.07, 6.45) is 0.467. The lowest BCUT2D eigenvalue weighted by molar-refractivity contribution is -0.125. The first-order chi connectivity index (χ1) is 19.3. The molecule has 208 valence electrons. The molecule has 0 saturated carbocycles. The Bertz CT molecular complexity index is 1400. The van der Waals surface area contributed by atoms with Crippen LogP contribution in [0.2, 0.25) is 0 Å². The molecule has 4 aliphatic rings. The van der Waals surface area contributed by atoms with Crippen molar-refractivity contribution >= 4 is 35.3 Å². The number of rotatable bonds is 6. The molecular weight excluding hydrogens is 533 g/mol. The zero-order valence-electron chi connectivity index (χ0n) is 21.9. The van der Waals surface area contributed by atoms with Crippen molar-refractivity contribution in [2.24, 2.45) is 5.92 Å². The highest BCUT2D eigenvalue weighted by Crippen LogP contribution is 2.48. The maximum atomic E-state index is 14.7. The van der Waals surface area contributed by atoms with Gasteiger partial charge in [0.05, 0.1) is 28.9 Å². The minimum absolute atomic E-state index is 0.0716. The number of alkyl halides is 1. The second-order valence-electron chi connectivity index (χ2n) is 10.3. The first kappa shape index (κ1) is 26.4. The molecular formula is C29H30FN5O4S. The third-order valence-electron chi connectivity index (χ3n) is 7.81. The molecule has 5 atom stereocenters. The molecule has 0 aliphatic carbocycles. The average Bonchev–Trinajstić information content (AvgIpc) is 3.50. The number of amides is 4. The molecule has 3 saturated heterocycles. The minimum atomic E-state index is -1.38. The van der Waals surface area contributed by atoms with Crippen molar-refractivity contribution in [3.8, 4) is 11.5 Å². The van der Waals surface area contributed by atoms with Crippen molar-refractivity contribution in [3.63, 3.8) is 0 Å². The van der Waals surface area contributed by atoms with E-state index >= 15 is 0 Å². The van der Waals surface area contributed by atoms with Crippen LogP contribution < -0.4 is 25.6 Å². The number of anilines is 1. The van der Waals surface area contributed by atoms with Gasteiger partial charge in [0, 0.05) is 23.8 Å². The SMILES string of the molecule is C=CC(=O)N1C[C@@H](F)[C@@H](NC(=O)C2=C3NC(=O)N(c4ccc(Oc5ccccc5)cc4C)C4CCNC(S2)C34)C1. The summed E-state index contributed by atoms with van der Waals surface area (Å²) in [5.74, 6) is 0.454. The van der Waals surface area contributed by atoms with E-state index in [-0.39, 0.29) is 42.4 Å². The molecule has 4 heterocycles. The van der Waals surface area contributed by atoms with E-state index in [1.54, 1.807) is 4.90 Å². The molecule has 0 radical (unpaired) electrons. The number of piperidine rings is 1. The molecule has 3 N–H and O–H groups in total. The standard InChI is InChI=1S/C29H30FN5O4S/c1-3-23(36)34-14-19(30)20(15-34)32-27(37)26-25-24-22(11-12-31-28(24)40-26)35(29(38)33-25)21-10-9-18(13-16(21)2)39-17-7-5-4-6-8-17/h3-10,13,19-20,22,24,28,31H,1,11-12,14-15H2,2H3,(H,32,37)(H,33,38)/t19-,20+,22?,24?,28?/m1/s1. The number of nitrogens with one attached hydrogen (secondary N) is 3. The zero-order chi connectivity index (χ0) is 28.0. The fourth-order valence-corrected chi connectivity index (χ4v) is 7.33. The van der Waals surface area contributed by atoms with Gasteiger partial charge in [-0.05, 0) is 61.9 Å². The van der Waals surface area contributed by atoms with Gasteiger partial charge in [0.1, 0.15) is 17.7 Å². The average molecular weight is 564 g/mol. The molecule has 11 heteroatoms. The number of hydrogen-bond acceptors (Lipinski definition) is 6. The smallest absolute Gasteiger partial charge is 0.326 e. The molecule has 40 heavy (non-hydrogen) atoms. The lowest BCUT2D eigenvalue weighted by Crippen LogP contribution is -2.62. The van der Waals surface area contributed by atoms with E-state index in [1.165, 1.54) is 16.7 Å². The molecule has 4 aliphatic heterocycles. The number of likely N-dealkylation sites (tertiary alicyclic amines) is 1. The van der Waals surface area contributed by atoms with Crippen LogP contribution in [0.5, 0.6) is 11.5 Å². The van der Waals surface area contributed by atoms with E-state index in [9.17, 15) is 18.8 Å². The number of benzene rings is 2. The molecule has 2 aromatic carbocycles. The maximum Gasteiger partial charge on any atom is 0.326 e. The van der Waals surface area contributed by atoms with Crippen molar-refractivity contribution in [1.82, 2.24) is 20.9 Å². The Hall–Kier alpha value is -3.83. The third kappa shape index (κ3) is 4.73. The largest absolute Gasteiger partial charge is 0.457 e. The van der Waals surface area contributed by atoms with Crippen molar-refractivity contribution in [2.45, 2.75) is 37.0 Å². The highest BCUT2D eigenvalue weighted by molar-refractivity contribution is 8.04. The van der Waals surface area contributed by atoms with E-state index in [2.05, 4.69) is 22.5 Å². The van der Waals surface area contributed by atoms with E-state index in [4.69, 9.17) is 4.74 Å². The molecule has 3 fully saturated rings. The molecule has 9 nitrogen and oxygen atoms in total. The van der Waals surface area contributed by atoms with Gasteiger partial charge in [0.2, 0.25) is 5.91 Å². The number of thioether (sulfide) groups is 1. The van der Waals surface area contributed by atoms with E-state index in [0.717, 1.165) is 23.1 Å². The van der Waals surface area contributed by atoms with Crippen LogP contribution in [0.25, 0.3) is 0 Å². The maximum absolute atomic E-state index is 14.7. The summed E-state index contributed by atoms with van der Waals surface area (Å²) < 4.78 is 20.6. The molecule has 0 spiro atoms. The Morgan fingerprint density at radius 1 is 1.18 bits per heavy atom. The Morgan fingerprint density at radius 2 is 1.98 bits per heavy atom. The highest BCUT2D eigenvalue weighted by Gasteiger charge is 2.52. The molecule has 2 aromatic rings. The number of nitrogens with zero attached hydrogens (tertiary/aromatic N) is 2. The van der Waals surface area contributed by atoms with Gasteiger partial charge >= 0.3 is 6.03 Å². The number of aryl methyl sites for hydroxylation is 1. The topological polar surface area (TPSA) is 103 Å². The quantitative estimate of drug-likeness (QED) is 0.466. The molecule has 6 rings (SSSR count). The predicted molar refractivity (Wildman–Crippen MR) is 151 cm³/mol. The molecule has 0 bridgehead atoms. The number of carbonyl (C=O) groups is 3. The third-order valence-corrected chi connectivity index (χ3v) is 9.16. The number of halogens is 1. The summed E-state index contributed by atoms with van der Waals surface area (Å²) in [6.45, 7) is 6.06. The normalized spacial score (nSPS) is 27.2. The van der Waals surface area contributed by atoms with Crippen molar-refractivity contribution in [2.75, 3.05) is 24.5 Å². The van der Waals surface area contributed by atoms with Crippen LogP contribution in [-0.2, 0) is 9.59 Å². The second-order valence-corrected chi connectivity index (χ2v) is 11.5. The number of urea groups is 1. The van der Waals surface area contributed by atoms with Crippen LogP contribution >= 0.6 is 11.8 Å². The fraction of sp³-hybridized carbons (Fsp3) is 0.345. The Morgan fingerprint density at radius 3 is 2.73 bits per heavy atom. The number of ether oxygens (including phenoxy) is 1. The Kier molecular flexibility index (Phi) is 7.01. The first-order valence-electron chi connectivity index (χ1n) is 13.3. The van der Waals surface area contributed by atoms with Gasteiger partial charge < -0.3 is 25.6 Å². The summed E-state index contributed by atoms with van der Waals surface area (Å²) in [6, 6.07) is 13.9. The summed E-state index contributed by atoms with van der Waals surface area (Å²) >= 11 is 1.36. The molecule has 4 amide bonds. The summed E-state index contributed by atoms with van der Waals surface area (Å²) in [7, 11) is 0. The number of hydrogen-bond donors (Lipinski definition) is 3. The van der Waals surface area contributed by atoms with Crippen LogP contribution in [0, 0.1) is 12.8 Å². The Labute approximate surface area is 235 Å². The summed E-state index contributed by atoms with van der Waals surface area (Å²) in [5, 5.41) is 9.10. The van der Waals surface area contributed by atoms with Crippen LogP contribution in [0.1, 0.15) is 12.0 Å². The summed E-state index contributed by atoms with van der Waals surface area (Å²) in [4.78, 5) is 42.3. The fourth-order valence-electron chi connectivity index (χ4n) is 5.93. The van der Waals surface area contributed by atoms with Crippen LogP contribution in [0.4, 0.5) is 14.9 Å². The molecule has 3 unspecified atom stereocenters. The van der Waals surface area contributed by atoms with Gasteiger partial charge in [-0.3, -0.25) is 14.5 Å². The second kappa shape index (κ2) is 10.6. The minimum Gasteiger partial charge on any atom is -0.457 e. The van der Waals surface area contributed by atoms with E-state index < -0.39 is 18.1 Å². The van der Waals surface area contributed by atoms with Crippen molar-refractivity contribution in [3.05, 3.63) is 77.4 Å². The van der Waals surface area contributed by atoms with Gasteiger partial charge in [-0.15, -0.1) is 0 Å². The lowest BCUT2D eigenvalue weighted by Gasteiger charge is -2.46. The van der Waals surface area contributed by atoms with Gasteiger partial charge in [-0.2, -0.15) is 0 Å². The van der Waals surface area contributed by atoms with Gasteiger partial charge in [0.15, 0.2) is 0 Å². The van der Waals surface area contributed by atoms with Crippen LogP contribution in [0.3, 0.4) is 0 Å². The lowest BCUT2D eigenvalue weighted by atomic mass is 9.86. The molecule has 0 aromatic heterocycles. The van der Waals surface area contributed by atoms with Gasteiger partial charge in [-0.1, -0.05) is 36.5 Å². The van der Waals surface area contributed by atoms with Gasteiger partial charge in [0.25, 0.3) is 5.91 Å². The number of para-hydroxylation sites is 1. The first-order valence-corrected chi connectivity index (χ1v) is 14.2. The van der Waals surface area contributed by atoms with Crippen LogP contribution in [-0.4, -0.2) is 66.0 Å². The van der Waals surface area contributed by atoms with Crippen molar-refractivity contribution < 1.29 is 23.5 Å². The van der Waals surface area contributed by atoms with E-state index in [1.807, 2.05) is 55.5 Å². The van der Waals surface area contributed by atoms with Gasteiger partial charge in [-0.25, -0.2) is 9.18 Å². The number of carbonyl (C=O) groups excluding carboxylic acids is 3. The predicted octanol–water partition coefficient (Wildman–Crippen LogP) is 3.43. The highest BCUT2D eigenvalue weighted by atomic mass is 32.2. The van der Waals surface area contributed by atoms with Crippen LogP contribution in [0.15, 0.2) is 71.8 Å². The summed E-state index contributed by atoms with van der Waals surface area (Å²) in [5.41, 5.74) is 2.24.